The van der Waals surface area contributed by atoms with Crippen LogP contribution in [0.3, 0.4) is 0 Å². The maximum atomic E-state index is 10.4. The van der Waals surface area contributed by atoms with Gasteiger partial charge in [-0.2, -0.15) is 0 Å². The Morgan fingerprint density at radius 3 is 2.44 bits per heavy atom. The molecule has 0 spiro atoms. The van der Waals surface area contributed by atoms with Gasteiger partial charge < -0.3 is 0 Å². The minimum absolute atomic E-state index is 0.0281. The van der Waals surface area contributed by atoms with E-state index in [0.29, 0.717) is 0 Å². The summed E-state index contributed by atoms with van der Waals surface area (Å²) >= 11 is 0. The maximum absolute atomic E-state index is 10.4. The molecular formula is C8H11O. The average Bonchev–Trinajstić information content (AvgIpc) is 2.15. The minimum Gasteiger partial charge on any atom is -0.232 e. The van der Waals surface area contributed by atoms with Crippen LogP contribution >= 0.6 is 0 Å². The SMILES string of the molecule is CC1=CCC(C[O])=C1C. The molecule has 1 nitrogen and oxygen atoms in total. The van der Waals surface area contributed by atoms with E-state index >= 15 is 0 Å². The molecule has 1 aliphatic carbocycles. The predicted molar refractivity (Wildman–Crippen MR) is 36.6 cm³/mol. The van der Waals surface area contributed by atoms with Crippen molar-refractivity contribution in [2.45, 2.75) is 20.3 Å². The van der Waals surface area contributed by atoms with Crippen molar-refractivity contribution < 1.29 is 5.11 Å². The predicted octanol–water partition coefficient (Wildman–Crippen LogP) is 2.08. The van der Waals surface area contributed by atoms with Gasteiger partial charge in [-0.3, -0.25) is 0 Å². The first-order valence-electron chi connectivity index (χ1n) is 3.19. The zero-order valence-electron chi connectivity index (χ0n) is 5.90. The highest BCUT2D eigenvalue weighted by Crippen LogP contribution is 2.24. The standard InChI is InChI=1S/C8H11O/c1-6-3-4-8(5-9)7(6)2/h3H,4-5H2,1-2H3. The monoisotopic (exact) mass is 123 g/mol. The molecule has 0 saturated heterocycles. The third-order valence-corrected chi connectivity index (χ3v) is 1.95. The molecule has 0 aromatic carbocycles. The summed E-state index contributed by atoms with van der Waals surface area (Å²) in [6.07, 6.45) is 3.00. The second-order valence-electron chi connectivity index (χ2n) is 2.46. The molecule has 0 fully saturated rings. The van der Waals surface area contributed by atoms with E-state index in [4.69, 9.17) is 0 Å². The molecule has 0 N–H and O–H groups in total. The Kier molecular flexibility index (Phi) is 1.72. The van der Waals surface area contributed by atoms with Gasteiger partial charge in [-0.15, -0.1) is 0 Å². The topological polar surface area (TPSA) is 19.9 Å². The van der Waals surface area contributed by atoms with Crippen LogP contribution in [0.1, 0.15) is 20.3 Å². The number of hydrogen-bond acceptors (Lipinski definition) is 0. The summed E-state index contributed by atoms with van der Waals surface area (Å²) in [7, 11) is 0. The van der Waals surface area contributed by atoms with Crippen LogP contribution in [0.2, 0.25) is 0 Å². The molecule has 0 aromatic heterocycles. The van der Waals surface area contributed by atoms with Gasteiger partial charge in [0, 0.05) is 0 Å². The first-order chi connectivity index (χ1) is 4.25. The lowest BCUT2D eigenvalue weighted by molar-refractivity contribution is 0.221. The van der Waals surface area contributed by atoms with Gasteiger partial charge in [-0.1, -0.05) is 11.6 Å². The summed E-state index contributed by atoms with van der Waals surface area (Å²) in [4.78, 5) is 0. The molecule has 0 amide bonds. The van der Waals surface area contributed by atoms with Gasteiger partial charge in [0.15, 0.2) is 0 Å². The molecule has 0 heterocycles. The highest BCUT2D eigenvalue weighted by molar-refractivity contribution is 5.39. The van der Waals surface area contributed by atoms with Crippen molar-refractivity contribution >= 4 is 0 Å². The number of allylic oxidation sites excluding steroid dienone is 3. The van der Waals surface area contributed by atoms with E-state index in [9.17, 15) is 5.11 Å². The van der Waals surface area contributed by atoms with Crippen LogP contribution in [0.4, 0.5) is 0 Å². The van der Waals surface area contributed by atoms with Gasteiger partial charge in [0.1, 0.15) is 6.61 Å². The van der Waals surface area contributed by atoms with Gasteiger partial charge in [-0.05, 0) is 31.4 Å². The zero-order valence-corrected chi connectivity index (χ0v) is 5.90. The van der Waals surface area contributed by atoms with Crippen molar-refractivity contribution in [2.75, 3.05) is 6.61 Å². The molecule has 1 rings (SSSR count). The van der Waals surface area contributed by atoms with Crippen LogP contribution in [0, 0.1) is 0 Å². The highest BCUT2D eigenvalue weighted by Gasteiger charge is 2.08. The van der Waals surface area contributed by atoms with Crippen molar-refractivity contribution in [2.24, 2.45) is 0 Å². The summed E-state index contributed by atoms with van der Waals surface area (Å²) < 4.78 is 0. The van der Waals surface area contributed by atoms with E-state index in [2.05, 4.69) is 13.0 Å². The van der Waals surface area contributed by atoms with Crippen LogP contribution < -0.4 is 0 Å². The van der Waals surface area contributed by atoms with Crippen molar-refractivity contribution in [3.05, 3.63) is 22.8 Å². The Morgan fingerprint density at radius 1 is 1.56 bits per heavy atom. The Labute approximate surface area is 55.7 Å². The number of rotatable bonds is 1. The van der Waals surface area contributed by atoms with Gasteiger partial charge in [0.25, 0.3) is 0 Å². The van der Waals surface area contributed by atoms with Crippen LogP contribution in [0.5, 0.6) is 0 Å². The Bertz CT molecular complexity index is 175. The second-order valence-corrected chi connectivity index (χ2v) is 2.46. The minimum atomic E-state index is -0.0281. The first kappa shape index (κ1) is 6.56. The summed E-state index contributed by atoms with van der Waals surface area (Å²) in [5.74, 6) is 0. The fourth-order valence-electron chi connectivity index (χ4n) is 1.03. The molecule has 1 radical (unpaired) electrons. The molecule has 49 valence electrons. The molecule has 9 heavy (non-hydrogen) atoms. The van der Waals surface area contributed by atoms with Crippen LogP contribution in [-0.4, -0.2) is 6.61 Å². The van der Waals surface area contributed by atoms with E-state index in [1.807, 2.05) is 6.92 Å². The second kappa shape index (κ2) is 2.36. The van der Waals surface area contributed by atoms with E-state index in [1.165, 1.54) is 11.1 Å². The normalized spacial score (nSPS) is 18.8. The van der Waals surface area contributed by atoms with Crippen LogP contribution in [-0.2, 0) is 5.11 Å². The molecule has 0 saturated carbocycles. The zero-order chi connectivity index (χ0) is 6.85. The van der Waals surface area contributed by atoms with Gasteiger partial charge >= 0.3 is 0 Å². The third-order valence-electron chi connectivity index (χ3n) is 1.95. The quantitative estimate of drug-likeness (QED) is 0.508. The summed E-state index contributed by atoms with van der Waals surface area (Å²) in [6, 6.07) is 0. The van der Waals surface area contributed by atoms with E-state index in [1.54, 1.807) is 0 Å². The van der Waals surface area contributed by atoms with Gasteiger partial charge in [-0.25, -0.2) is 5.11 Å². The molecule has 0 aromatic rings. The fraction of sp³-hybridized carbons (Fsp3) is 0.500. The van der Waals surface area contributed by atoms with Gasteiger partial charge in [0.2, 0.25) is 0 Å². The molecule has 0 aliphatic heterocycles. The summed E-state index contributed by atoms with van der Waals surface area (Å²) in [5.41, 5.74) is 3.55. The maximum Gasteiger partial charge on any atom is 0.104 e. The molecule has 0 atom stereocenters. The van der Waals surface area contributed by atoms with E-state index in [0.717, 1.165) is 12.0 Å². The highest BCUT2D eigenvalue weighted by atomic mass is 16.3. The first-order valence-corrected chi connectivity index (χ1v) is 3.19. The average molecular weight is 123 g/mol. The summed E-state index contributed by atoms with van der Waals surface area (Å²) in [6.45, 7) is 4.05. The van der Waals surface area contributed by atoms with E-state index < -0.39 is 0 Å². The Morgan fingerprint density at radius 2 is 2.22 bits per heavy atom. The van der Waals surface area contributed by atoms with Crippen molar-refractivity contribution in [1.29, 1.82) is 0 Å². The smallest absolute Gasteiger partial charge is 0.104 e. The lowest BCUT2D eigenvalue weighted by Gasteiger charge is -1.96. The van der Waals surface area contributed by atoms with E-state index in [-0.39, 0.29) is 6.61 Å². The van der Waals surface area contributed by atoms with Gasteiger partial charge in [0.05, 0.1) is 0 Å². The lowest BCUT2D eigenvalue weighted by Crippen LogP contribution is -1.86. The lowest BCUT2D eigenvalue weighted by atomic mass is 10.1. The van der Waals surface area contributed by atoms with Crippen molar-refractivity contribution in [3.63, 3.8) is 0 Å². The van der Waals surface area contributed by atoms with Crippen LogP contribution in [0.25, 0.3) is 0 Å². The molecule has 1 aliphatic rings. The molecular weight excluding hydrogens is 112 g/mol. The molecule has 0 unspecified atom stereocenters. The molecule has 1 heteroatoms. The Hall–Kier alpha value is -0.560. The third kappa shape index (κ3) is 1.06. The largest absolute Gasteiger partial charge is 0.232 e. The Balaban J connectivity index is 2.79. The van der Waals surface area contributed by atoms with Crippen molar-refractivity contribution in [1.82, 2.24) is 0 Å². The van der Waals surface area contributed by atoms with Crippen LogP contribution in [0.15, 0.2) is 22.8 Å². The number of hydrogen-bond donors (Lipinski definition) is 0. The fourth-order valence-corrected chi connectivity index (χ4v) is 1.03. The molecule has 0 bridgehead atoms. The summed E-state index contributed by atoms with van der Waals surface area (Å²) in [5, 5.41) is 10.4. The van der Waals surface area contributed by atoms with Crippen molar-refractivity contribution in [3.8, 4) is 0 Å².